The molecular formula is C20H28ClN3O5S2. The Morgan fingerprint density at radius 1 is 1.29 bits per heavy atom. The molecule has 0 saturated carbocycles. The molecule has 2 amide bonds. The number of amides is 2. The van der Waals surface area contributed by atoms with E-state index in [1.807, 2.05) is 13.8 Å². The van der Waals surface area contributed by atoms with E-state index in [1.165, 1.54) is 16.2 Å². The van der Waals surface area contributed by atoms with Gasteiger partial charge >= 0.3 is 0 Å². The Bertz CT molecular complexity index is 954. The van der Waals surface area contributed by atoms with Crippen molar-refractivity contribution in [3.63, 3.8) is 0 Å². The number of sulfonamides is 1. The van der Waals surface area contributed by atoms with Gasteiger partial charge in [-0.2, -0.15) is 4.72 Å². The highest BCUT2D eigenvalue weighted by Gasteiger charge is 2.42. The summed E-state index contributed by atoms with van der Waals surface area (Å²) < 4.78 is 33.6. The lowest BCUT2D eigenvalue weighted by molar-refractivity contribution is -0.148. The molecule has 0 aromatic carbocycles. The number of hydrogen-bond acceptors (Lipinski definition) is 6. The van der Waals surface area contributed by atoms with Crippen molar-refractivity contribution in [2.75, 3.05) is 32.8 Å². The van der Waals surface area contributed by atoms with Crippen LogP contribution in [0.2, 0.25) is 4.34 Å². The summed E-state index contributed by atoms with van der Waals surface area (Å²) in [4.78, 5) is 30.1. The fourth-order valence-corrected chi connectivity index (χ4v) is 6.25. The van der Waals surface area contributed by atoms with Crippen LogP contribution in [-0.2, 0) is 24.3 Å². The Balaban J connectivity index is 1.71. The summed E-state index contributed by atoms with van der Waals surface area (Å²) in [5, 5.41) is 1.11. The van der Waals surface area contributed by atoms with Gasteiger partial charge in [-0.05, 0) is 37.0 Å². The van der Waals surface area contributed by atoms with Crippen LogP contribution in [0.3, 0.4) is 0 Å². The van der Waals surface area contributed by atoms with Gasteiger partial charge in [-0.1, -0.05) is 25.4 Å². The maximum atomic E-state index is 13.1. The molecule has 2 fully saturated rings. The summed E-state index contributed by atoms with van der Waals surface area (Å²) in [7, 11) is -3.85. The fourth-order valence-electron chi connectivity index (χ4n) is 3.89. The van der Waals surface area contributed by atoms with E-state index in [1.54, 1.807) is 24.0 Å². The average molecular weight is 490 g/mol. The number of allylic oxidation sites excluding steroid dienone is 1. The molecule has 11 heteroatoms. The van der Waals surface area contributed by atoms with Gasteiger partial charge in [0.05, 0.1) is 23.0 Å². The van der Waals surface area contributed by atoms with Crippen LogP contribution in [0.5, 0.6) is 0 Å². The van der Waals surface area contributed by atoms with Crippen molar-refractivity contribution < 1.29 is 22.7 Å². The molecule has 172 valence electrons. The number of ether oxygens (including phenoxy) is 1. The van der Waals surface area contributed by atoms with Crippen LogP contribution < -0.4 is 4.72 Å². The van der Waals surface area contributed by atoms with Gasteiger partial charge < -0.3 is 14.5 Å². The van der Waals surface area contributed by atoms with Crippen molar-refractivity contribution >= 4 is 50.3 Å². The summed E-state index contributed by atoms with van der Waals surface area (Å²) >= 11 is 7.21. The van der Waals surface area contributed by atoms with Gasteiger partial charge in [-0.15, -0.1) is 11.3 Å². The largest absolute Gasteiger partial charge is 0.378 e. The number of carbonyl (C=O) groups excluding carboxylic acids is 2. The minimum Gasteiger partial charge on any atom is -0.378 e. The van der Waals surface area contributed by atoms with Crippen molar-refractivity contribution in [2.24, 2.45) is 5.92 Å². The Morgan fingerprint density at radius 3 is 2.55 bits per heavy atom. The minimum atomic E-state index is -3.85. The summed E-state index contributed by atoms with van der Waals surface area (Å²) in [5.74, 6) is -0.574. The van der Waals surface area contributed by atoms with Crippen molar-refractivity contribution in [1.82, 2.24) is 14.5 Å². The fraction of sp³-hybridized carbons (Fsp3) is 0.600. The SMILES string of the molecule is C/C(=C/S(=O)(=O)N[C@H]1CCN([C@H](C(=O)N2CCOCC2)C(C)C)C1=O)c1ccc(Cl)s1. The first-order valence-corrected chi connectivity index (χ1v) is 13.0. The molecule has 1 N–H and O–H groups in total. The van der Waals surface area contributed by atoms with Crippen molar-refractivity contribution in [3.8, 4) is 0 Å². The average Bonchev–Trinajstić information content (AvgIpc) is 3.29. The second-order valence-electron chi connectivity index (χ2n) is 8.07. The lowest BCUT2D eigenvalue weighted by atomic mass is 10.0. The van der Waals surface area contributed by atoms with Crippen LogP contribution in [0.25, 0.3) is 5.57 Å². The third-order valence-electron chi connectivity index (χ3n) is 5.38. The predicted molar refractivity (Wildman–Crippen MR) is 121 cm³/mol. The molecule has 3 heterocycles. The van der Waals surface area contributed by atoms with Gasteiger partial charge in [0.15, 0.2) is 0 Å². The standard InChI is InChI=1S/C20H28ClN3O5S2/c1-13(2)18(20(26)23-8-10-29-11-9-23)24-7-6-15(19(24)25)22-31(27,28)12-14(3)16-4-5-17(21)30-16/h4-5,12-13,15,18,22H,6-11H2,1-3H3/b14-12-/t15-,18-/m0/s1. The molecule has 0 spiro atoms. The molecule has 0 radical (unpaired) electrons. The molecule has 1 aromatic heterocycles. The van der Waals surface area contributed by atoms with Gasteiger partial charge in [0.2, 0.25) is 21.8 Å². The minimum absolute atomic E-state index is 0.0969. The van der Waals surface area contributed by atoms with Gasteiger partial charge in [-0.3, -0.25) is 9.59 Å². The zero-order chi connectivity index (χ0) is 22.8. The first-order chi connectivity index (χ1) is 14.6. The quantitative estimate of drug-likeness (QED) is 0.633. The van der Waals surface area contributed by atoms with E-state index in [-0.39, 0.29) is 17.7 Å². The number of thiophene rings is 1. The summed E-state index contributed by atoms with van der Waals surface area (Å²) in [6.07, 6.45) is 0.315. The second-order valence-corrected chi connectivity index (χ2v) is 11.3. The van der Waals surface area contributed by atoms with Crippen LogP contribution in [0.4, 0.5) is 0 Å². The highest BCUT2D eigenvalue weighted by Crippen LogP contribution is 2.28. The third-order valence-corrected chi connectivity index (χ3v) is 8.03. The van der Waals surface area contributed by atoms with E-state index in [9.17, 15) is 18.0 Å². The number of carbonyl (C=O) groups is 2. The van der Waals surface area contributed by atoms with Gasteiger partial charge in [0, 0.05) is 24.5 Å². The Morgan fingerprint density at radius 2 is 1.97 bits per heavy atom. The van der Waals surface area contributed by atoms with E-state index in [2.05, 4.69) is 4.72 Å². The van der Waals surface area contributed by atoms with Crippen molar-refractivity contribution in [1.29, 1.82) is 0 Å². The van der Waals surface area contributed by atoms with Crippen LogP contribution in [0.1, 0.15) is 32.1 Å². The number of hydrogen-bond donors (Lipinski definition) is 1. The zero-order valence-electron chi connectivity index (χ0n) is 17.8. The highest BCUT2D eigenvalue weighted by molar-refractivity contribution is 7.92. The molecule has 2 saturated heterocycles. The third kappa shape index (κ3) is 5.87. The molecule has 1 aromatic rings. The van der Waals surface area contributed by atoms with Crippen LogP contribution in [0, 0.1) is 5.92 Å². The Hall–Kier alpha value is -1.46. The summed E-state index contributed by atoms with van der Waals surface area (Å²) in [6.45, 7) is 7.75. The molecule has 0 unspecified atom stereocenters. The molecule has 0 bridgehead atoms. The zero-order valence-corrected chi connectivity index (χ0v) is 20.2. The first kappa shape index (κ1) is 24.2. The van der Waals surface area contributed by atoms with Gasteiger partial charge in [0.1, 0.15) is 12.1 Å². The van der Waals surface area contributed by atoms with Crippen LogP contribution >= 0.6 is 22.9 Å². The second kappa shape index (κ2) is 9.99. The summed E-state index contributed by atoms with van der Waals surface area (Å²) in [5.41, 5.74) is 0.536. The monoisotopic (exact) mass is 489 g/mol. The van der Waals surface area contributed by atoms with E-state index in [0.29, 0.717) is 49.2 Å². The molecule has 2 aliphatic heterocycles. The lowest BCUT2D eigenvalue weighted by Crippen LogP contribution is -2.55. The lowest BCUT2D eigenvalue weighted by Gasteiger charge is -2.36. The van der Waals surface area contributed by atoms with Gasteiger partial charge in [0.25, 0.3) is 0 Å². The molecule has 31 heavy (non-hydrogen) atoms. The number of nitrogens with zero attached hydrogens (tertiary/aromatic N) is 2. The number of likely N-dealkylation sites (tertiary alicyclic amines) is 1. The maximum absolute atomic E-state index is 13.1. The number of rotatable bonds is 7. The molecular weight excluding hydrogens is 462 g/mol. The van der Waals surface area contributed by atoms with Crippen LogP contribution in [-0.4, -0.2) is 75.0 Å². The summed E-state index contributed by atoms with van der Waals surface area (Å²) in [6, 6.07) is 1.95. The highest BCUT2D eigenvalue weighted by atomic mass is 35.5. The van der Waals surface area contributed by atoms with E-state index < -0.39 is 22.1 Å². The topological polar surface area (TPSA) is 96.0 Å². The molecule has 2 aliphatic rings. The normalized spacial score (nSPS) is 21.8. The number of morpholine rings is 1. The number of nitrogens with one attached hydrogen (secondary N) is 1. The Labute approximate surface area is 192 Å². The molecule has 2 atom stereocenters. The van der Waals surface area contributed by atoms with E-state index in [0.717, 1.165) is 10.3 Å². The van der Waals surface area contributed by atoms with E-state index in [4.69, 9.17) is 16.3 Å². The first-order valence-electron chi connectivity index (χ1n) is 10.2. The molecule has 3 rings (SSSR count). The van der Waals surface area contributed by atoms with Crippen LogP contribution in [0.15, 0.2) is 17.5 Å². The van der Waals surface area contributed by atoms with Crippen molar-refractivity contribution in [2.45, 2.75) is 39.3 Å². The van der Waals surface area contributed by atoms with Gasteiger partial charge in [-0.25, -0.2) is 8.42 Å². The predicted octanol–water partition coefficient (Wildman–Crippen LogP) is 2.17. The smallest absolute Gasteiger partial charge is 0.245 e. The molecule has 0 aliphatic carbocycles. The van der Waals surface area contributed by atoms with Crippen molar-refractivity contribution in [3.05, 3.63) is 26.8 Å². The Kier molecular flexibility index (Phi) is 7.80. The van der Waals surface area contributed by atoms with E-state index >= 15 is 0 Å². The molecule has 8 nitrogen and oxygen atoms in total. The number of halogens is 1. The maximum Gasteiger partial charge on any atom is 0.245 e.